The second-order valence-corrected chi connectivity index (χ2v) is 4.86. The molecule has 0 aliphatic rings. The van der Waals surface area contributed by atoms with Crippen molar-refractivity contribution in [1.82, 2.24) is 10.3 Å². The van der Waals surface area contributed by atoms with E-state index in [4.69, 9.17) is 0 Å². The Labute approximate surface area is 114 Å². The van der Waals surface area contributed by atoms with Crippen LogP contribution in [0.15, 0.2) is 42.7 Å². The molecule has 1 aromatic heterocycles. The largest absolute Gasteiger partial charge is 0.387 e. The first-order chi connectivity index (χ1) is 9.16. The minimum Gasteiger partial charge on any atom is -0.387 e. The van der Waals surface area contributed by atoms with E-state index in [1.807, 2.05) is 32.0 Å². The van der Waals surface area contributed by atoms with Gasteiger partial charge in [-0.3, -0.25) is 4.98 Å². The minimum atomic E-state index is -0.471. The van der Waals surface area contributed by atoms with E-state index in [0.29, 0.717) is 6.54 Å². The van der Waals surface area contributed by atoms with Crippen molar-refractivity contribution in [2.24, 2.45) is 0 Å². The molecule has 0 bridgehead atoms. The Hall–Kier alpha value is -1.71. The van der Waals surface area contributed by atoms with Gasteiger partial charge in [0, 0.05) is 25.5 Å². The van der Waals surface area contributed by atoms with Crippen LogP contribution in [0.5, 0.6) is 0 Å². The molecule has 19 heavy (non-hydrogen) atoms. The van der Waals surface area contributed by atoms with Crippen LogP contribution in [0, 0.1) is 13.8 Å². The van der Waals surface area contributed by atoms with Gasteiger partial charge >= 0.3 is 0 Å². The molecule has 100 valence electrons. The highest BCUT2D eigenvalue weighted by molar-refractivity contribution is 5.32. The fourth-order valence-corrected chi connectivity index (χ4v) is 2.08. The molecule has 1 heterocycles. The summed E-state index contributed by atoms with van der Waals surface area (Å²) in [5.74, 6) is 0. The average molecular weight is 256 g/mol. The molecule has 2 rings (SSSR count). The van der Waals surface area contributed by atoms with Gasteiger partial charge in [0.05, 0.1) is 6.10 Å². The van der Waals surface area contributed by atoms with Crippen LogP contribution < -0.4 is 5.32 Å². The predicted molar refractivity (Wildman–Crippen MR) is 76.8 cm³/mol. The van der Waals surface area contributed by atoms with Gasteiger partial charge in [-0.15, -0.1) is 0 Å². The van der Waals surface area contributed by atoms with E-state index >= 15 is 0 Å². The van der Waals surface area contributed by atoms with Crippen LogP contribution in [0.2, 0.25) is 0 Å². The van der Waals surface area contributed by atoms with Crippen LogP contribution in [0.1, 0.15) is 28.4 Å². The smallest absolute Gasteiger partial charge is 0.0917 e. The Kier molecular flexibility index (Phi) is 4.66. The number of aryl methyl sites for hydroxylation is 2. The van der Waals surface area contributed by atoms with Crippen molar-refractivity contribution in [1.29, 1.82) is 0 Å². The SMILES string of the molecule is Cc1ccc(C)c(C(O)CNCc2ccncc2)c1. The number of hydrogen-bond acceptors (Lipinski definition) is 3. The number of nitrogens with one attached hydrogen (secondary N) is 1. The van der Waals surface area contributed by atoms with E-state index in [9.17, 15) is 5.11 Å². The van der Waals surface area contributed by atoms with Crippen LogP contribution in [0.25, 0.3) is 0 Å². The summed E-state index contributed by atoms with van der Waals surface area (Å²) in [4.78, 5) is 3.98. The maximum absolute atomic E-state index is 10.2. The summed E-state index contributed by atoms with van der Waals surface area (Å²) < 4.78 is 0. The van der Waals surface area contributed by atoms with Crippen LogP contribution in [-0.2, 0) is 6.54 Å². The summed E-state index contributed by atoms with van der Waals surface area (Å²) in [6.45, 7) is 5.36. The second-order valence-electron chi connectivity index (χ2n) is 4.86. The molecule has 1 atom stereocenters. The summed E-state index contributed by atoms with van der Waals surface area (Å²) in [6, 6.07) is 10.1. The van der Waals surface area contributed by atoms with Crippen LogP contribution in [-0.4, -0.2) is 16.6 Å². The molecule has 0 aliphatic carbocycles. The molecule has 0 fully saturated rings. The zero-order valence-corrected chi connectivity index (χ0v) is 11.4. The fourth-order valence-electron chi connectivity index (χ4n) is 2.08. The number of pyridine rings is 1. The Balaban J connectivity index is 1.91. The molecule has 0 aliphatic heterocycles. The van der Waals surface area contributed by atoms with E-state index in [1.54, 1.807) is 12.4 Å². The molecule has 0 spiro atoms. The van der Waals surface area contributed by atoms with Crippen molar-refractivity contribution < 1.29 is 5.11 Å². The van der Waals surface area contributed by atoms with Gasteiger partial charge in [-0.2, -0.15) is 0 Å². The summed E-state index contributed by atoms with van der Waals surface area (Å²) in [7, 11) is 0. The Morgan fingerprint density at radius 3 is 2.63 bits per heavy atom. The zero-order chi connectivity index (χ0) is 13.7. The topological polar surface area (TPSA) is 45.1 Å². The molecule has 1 aromatic carbocycles. The number of aliphatic hydroxyl groups excluding tert-OH is 1. The summed E-state index contributed by atoms with van der Waals surface area (Å²) in [5.41, 5.74) is 4.47. The Bertz CT molecular complexity index is 526. The zero-order valence-electron chi connectivity index (χ0n) is 11.4. The monoisotopic (exact) mass is 256 g/mol. The van der Waals surface area contributed by atoms with Gasteiger partial charge in [-0.25, -0.2) is 0 Å². The van der Waals surface area contributed by atoms with Gasteiger partial charge in [0.1, 0.15) is 0 Å². The maximum Gasteiger partial charge on any atom is 0.0917 e. The highest BCUT2D eigenvalue weighted by Crippen LogP contribution is 2.18. The van der Waals surface area contributed by atoms with Crippen molar-refractivity contribution in [3.8, 4) is 0 Å². The third-order valence-corrected chi connectivity index (χ3v) is 3.21. The van der Waals surface area contributed by atoms with Crippen molar-refractivity contribution in [3.63, 3.8) is 0 Å². The lowest BCUT2D eigenvalue weighted by Crippen LogP contribution is -2.21. The quantitative estimate of drug-likeness (QED) is 0.864. The Morgan fingerprint density at radius 1 is 1.16 bits per heavy atom. The average Bonchev–Trinajstić information content (AvgIpc) is 2.42. The molecule has 0 saturated heterocycles. The van der Waals surface area contributed by atoms with E-state index < -0.39 is 6.10 Å². The van der Waals surface area contributed by atoms with Crippen LogP contribution >= 0.6 is 0 Å². The molecule has 2 aromatic rings. The molecule has 1 unspecified atom stereocenters. The molecule has 3 nitrogen and oxygen atoms in total. The maximum atomic E-state index is 10.2. The number of benzene rings is 1. The van der Waals surface area contributed by atoms with Crippen molar-refractivity contribution >= 4 is 0 Å². The van der Waals surface area contributed by atoms with Gasteiger partial charge < -0.3 is 10.4 Å². The molecule has 0 radical (unpaired) electrons. The molecule has 3 heteroatoms. The Morgan fingerprint density at radius 2 is 1.89 bits per heavy atom. The summed E-state index contributed by atoms with van der Waals surface area (Å²) in [5, 5.41) is 13.5. The molecule has 2 N–H and O–H groups in total. The highest BCUT2D eigenvalue weighted by Gasteiger charge is 2.10. The normalized spacial score (nSPS) is 12.4. The van der Waals surface area contributed by atoms with Crippen molar-refractivity contribution in [3.05, 3.63) is 65.0 Å². The van der Waals surface area contributed by atoms with Gasteiger partial charge in [-0.1, -0.05) is 23.8 Å². The molecular weight excluding hydrogens is 236 g/mol. The minimum absolute atomic E-state index is 0.471. The van der Waals surface area contributed by atoms with Crippen LogP contribution in [0.4, 0.5) is 0 Å². The number of rotatable bonds is 5. The standard InChI is InChI=1S/C16H20N2O/c1-12-3-4-13(2)15(9-12)16(19)11-18-10-14-5-7-17-8-6-14/h3-9,16,18-19H,10-11H2,1-2H3. The van der Waals surface area contributed by atoms with Crippen molar-refractivity contribution in [2.45, 2.75) is 26.5 Å². The number of hydrogen-bond donors (Lipinski definition) is 2. The van der Waals surface area contributed by atoms with Crippen LogP contribution in [0.3, 0.4) is 0 Å². The van der Waals surface area contributed by atoms with Gasteiger partial charge in [0.15, 0.2) is 0 Å². The van der Waals surface area contributed by atoms with E-state index in [1.165, 1.54) is 11.1 Å². The van der Waals surface area contributed by atoms with E-state index in [2.05, 4.69) is 22.4 Å². The summed E-state index contributed by atoms with van der Waals surface area (Å²) >= 11 is 0. The number of nitrogens with zero attached hydrogens (tertiary/aromatic N) is 1. The second kappa shape index (κ2) is 6.45. The number of aliphatic hydroxyl groups is 1. The lowest BCUT2D eigenvalue weighted by atomic mass is 10.0. The fraction of sp³-hybridized carbons (Fsp3) is 0.312. The lowest BCUT2D eigenvalue weighted by Gasteiger charge is -2.15. The third-order valence-electron chi connectivity index (χ3n) is 3.21. The first kappa shape index (κ1) is 13.7. The van der Waals surface area contributed by atoms with Gasteiger partial charge in [0.2, 0.25) is 0 Å². The predicted octanol–water partition coefficient (Wildman–Crippen LogP) is 2.52. The van der Waals surface area contributed by atoms with Crippen molar-refractivity contribution in [2.75, 3.05) is 6.54 Å². The molecular formula is C16H20N2O. The third kappa shape index (κ3) is 3.88. The van der Waals surface area contributed by atoms with E-state index in [-0.39, 0.29) is 0 Å². The van der Waals surface area contributed by atoms with Gasteiger partial charge in [-0.05, 0) is 42.7 Å². The first-order valence-corrected chi connectivity index (χ1v) is 6.51. The first-order valence-electron chi connectivity index (χ1n) is 6.51. The lowest BCUT2D eigenvalue weighted by molar-refractivity contribution is 0.173. The summed E-state index contributed by atoms with van der Waals surface area (Å²) in [6.07, 6.45) is 3.08. The number of aromatic nitrogens is 1. The van der Waals surface area contributed by atoms with E-state index in [0.717, 1.165) is 17.7 Å². The highest BCUT2D eigenvalue weighted by atomic mass is 16.3. The molecule has 0 amide bonds. The molecule has 0 saturated carbocycles. The van der Waals surface area contributed by atoms with Gasteiger partial charge in [0.25, 0.3) is 0 Å².